The van der Waals surface area contributed by atoms with Gasteiger partial charge >= 0.3 is 0 Å². The topological polar surface area (TPSA) is 42.5 Å². The molecule has 4 rings (SSSR count). The standard InChI is InChI=1S/C21H30ClN3O/c1-15-18-7-4-8-19(22)21(18)23-20(15)14-24-10-11-25(16-5-2-3-6-16)17(13-24)9-12-26/h4,7-8,16-17,23,26H,2-3,5-6,9-14H2,1H3/t17-/m1/s1. The molecular formula is C21H30ClN3O. The summed E-state index contributed by atoms with van der Waals surface area (Å²) in [5.41, 5.74) is 3.63. The Morgan fingerprint density at radius 3 is 2.77 bits per heavy atom. The molecule has 4 nitrogen and oxygen atoms in total. The predicted octanol–water partition coefficient (Wildman–Crippen LogP) is 3.94. The third kappa shape index (κ3) is 3.53. The number of aromatic nitrogens is 1. The molecule has 1 atom stereocenters. The van der Waals surface area contributed by atoms with Gasteiger partial charge in [0.1, 0.15) is 0 Å². The molecule has 2 fully saturated rings. The van der Waals surface area contributed by atoms with Gasteiger partial charge in [0, 0.05) is 55.9 Å². The van der Waals surface area contributed by atoms with Crippen LogP contribution in [0.5, 0.6) is 0 Å². The summed E-state index contributed by atoms with van der Waals surface area (Å²) >= 11 is 6.36. The van der Waals surface area contributed by atoms with Gasteiger partial charge in [-0.25, -0.2) is 0 Å². The molecule has 1 aliphatic heterocycles. The van der Waals surface area contributed by atoms with E-state index in [2.05, 4.69) is 27.8 Å². The summed E-state index contributed by atoms with van der Waals surface area (Å²) in [5, 5.41) is 11.6. The number of fused-ring (bicyclic) bond motifs is 1. The zero-order chi connectivity index (χ0) is 18.1. The quantitative estimate of drug-likeness (QED) is 0.831. The molecule has 142 valence electrons. The average molecular weight is 376 g/mol. The van der Waals surface area contributed by atoms with Crippen LogP contribution in [0.3, 0.4) is 0 Å². The van der Waals surface area contributed by atoms with Gasteiger partial charge in [0.2, 0.25) is 0 Å². The molecule has 1 aromatic carbocycles. The van der Waals surface area contributed by atoms with Crippen LogP contribution >= 0.6 is 11.6 Å². The van der Waals surface area contributed by atoms with E-state index in [1.807, 2.05) is 12.1 Å². The number of para-hydroxylation sites is 1. The molecule has 0 bridgehead atoms. The van der Waals surface area contributed by atoms with Gasteiger partial charge in [-0.1, -0.05) is 36.6 Å². The Morgan fingerprint density at radius 1 is 1.23 bits per heavy atom. The van der Waals surface area contributed by atoms with Crippen LogP contribution < -0.4 is 0 Å². The first kappa shape index (κ1) is 18.3. The number of nitrogens with one attached hydrogen (secondary N) is 1. The van der Waals surface area contributed by atoms with Gasteiger partial charge in [-0.2, -0.15) is 0 Å². The van der Waals surface area contributed by atoms with Gasteiger partial charge in [0.15, 0.2) is 0 Å². The summed E-state index contributed by atoms with van der Waals surface area (Å²) in [7, 11) is 0. The van der Waals surface area contributed by atoms with E-state index >= 15 is 0 Å². The van der Waals surface area contributed by atoms with Crippen LogP contribution in [0.2, 0.25) is 5.02 Å². The van der Waals surface area contributed by atoms with E-state index in [0.717, 1.165) is 49.2 Å². The number of piperazine rings is 1. The summed E-state index contributed by atoms with van der Waals surface area (Å²) in [6, 6.07) is 7.32. The molecule has 0 radical (unpaired) electrons. The van der Waals surface area contributed by atoms with Gasteiger partial charge in [-0.3, -0.25) is 9.80 Å². The van der Waals surface area contributed by atoms with Crippen molar-refractivity contribution in [2.45, 2.75) is 57.7 Å². The van der Waals surface area contributed by atoms with Gasteiger partial charge in [-0.05, 0) is 37.8 Å². The molecule has 5 heteroatoms. The fourth-order valence-electron chi connectivity index (χ4n) is 4.95. The number of aliphatic hydroxyl groups excluding tert-OH is 1. The second-order valence-corrected chi connectivity index (χ2v) is 8.38. The lowest BCUT2D eigenvalue weighted by atomic mass is 10.0. The third-order valence-corrected chi connectivity index (χ3v) is 6.71. The lowest BCUT2D eigenvalue weighted by molar-refractivity contribution is 0.0263. The molecule has 0 spiro atoms. The van der Waals surface area contributed by atoms with Crippen molar-refractivity contribution in [2.75, 3.05) is 26.2 Å². The van der Waals surface area contributed by atoms with Crippen molar-refractivity contribution < 1.29 is 5.11 Å². The Hall–Kier alpha value is -1.07. The maximum Gasteiger partial charge on any atom is 0.0648 e. The maximum absolute atomic E-state index is 9.56. The first-order valence-corrected chi connectivity index (χ1v) is 10.4. The van der Waals surface area contributed by atoms with Gasteiger partial charge in [0.05, 0.1) is 10.5 Å². The van der Waals surface area contributed by atoms with E-state index in [4.69, 9.17) is 11.6 Å². The van der Waals surface area contributed by atoms with Crippen LogP contribution in [0.25, 0.3) is 10.9 Å². The molecule has 0 amide bonds. The maximum atomic E-state index is 9.56. The number of hydrogen-bond acceptors (Lipinski definition) is 3. The predicted molar refractivity (Wildman–Crippen MR) is 108 cm³/mol. The Balaban J connectivity index is 1.49. The number of benzene rings is 1. The van der Waals surface area contributed by atoms with Gasteiger partial charge < -0.3 is 10.1 Å². The van der Waals surface area contributed by atoms with E-state index in [9.17, 15) is 5.11 Å². The van der Waals surface area contributed by atoms with Crippen molar-refractivity contribution in [3.05, 3.63) is 34.5 Å². The third-order valence-electron chi connectivity index (χ3n) is 6.40. The fourth-order valence-corrected chi connectivity index (χ4v) is 5.17. The smallest absolute Gasteiger partial charge is 0.0648 e. The van der Waals surface area contributed by atoms with Crippen LogP contribution in [0, 0.1) is 6.92 Å². The monoisotopic (exact) mass is 375 g/mol. The fraction of sp³-hybridized carbons (Fsp3) is 0.619. The average Bonchev–Trinajstić information content (AvgIpc) is 3.26. The SMILES string of the molecule is Cc1c(CN2CCN(C3CCCC3)[C@H](CCO)C2)[nH]c2c(Cl)cccc12. The number of aromatic amines is 1. The summed E-state index contributed by atoms with van der Waals surface area (Å²) in [6.07, 6.45) is 6.28. The minimum absolute atomic E-state index is 0.281. The summed E-state index contributed by atoms with van der Waals surface area (Å²) in [4.78, 5) is 8.78. The number of rotatable bonds is 5. The second kappa shape index (κ2) is 7.89. The highest BCUT2D eigenvalue weighted by molar-refractivity contribution is 6.35. The van der Waals surface area contributed by atoms with Crippen LogP contribution in [-0.2, 0) is 6.54 Å². The van der Waals surface area contributed by atoms with Crippen molar-refractivity contribution in [2.24, 2.45) is 0 Å². The molecule has 0 unspecified atom stereocenters. The first-order chi connectivity index (χ1) is 12.7. The van der Waals surface area contributed by atoms with E-state index < -0.39 is 0 Å². The Kier molecular flexibility index (Phi) is 5.55. The molecule has 2 aliphatic rings. The molecule has 1 saturated heterocycles. The van der Waals surface area contributed by atoms with E-state index in [0.29, 0.717) is 6.04 Å². The number of H-pyrrole nitrogens is 1. The van der Waals surface area contributed by atoms with Crippen molar-refractivity contribution in [1.29, 1.82) is 0 Å². The van der Waals surface area contributed by atoms with Crippen LogP contribution in [-0.4, -0.2) is 58.2 Å². The molecule has 1 aromatic heterocycles. The van der Waals surface area contributed by atoms with Gasteiger partial charge in [-0.15, -0.1) is 0 Å². The van der Waals surface area contributed by atoms with Crippen molar-refractivity contribution in [3.8, 4) is 0 Å². The highest BCUT2D eigenvalue weighted by Gasteiger charge is 2.33. The van der Waals surface area contributed by atoms with E-state index in [1.54, 1.807) is 0 Å². The van der Waals surface area contributed by atoms with E-state index in [1.165, 1.54) is 42.3 Å². The van der Waals surface area contributed by atoms with Crippen LogP contribution in [0.15, 0.2) is 18.2 Å². The van der Waals surface area contributed by atoms with Crippen LogP contribution in [0.4, 0.5) is 0 Å². The molecule has 1 saturated carbocycles. The lowest BCUT2D eigenvalue weighted by Gasteiger charge is -2.44. The zero-order valence-electron chi connectivity index (χ0n) is 15.7. The highest BCUT2D eigenvalue weighted by atomic mass is 35.5. The molecular weight excluding hydrogens is 346 g/mol. The first-order valence-electron chi connectivity index (χ1n) is 10.0. The second-order valence-electron chi connectivity index (χ2n) is 7.97. The number of aliphatic hydroxyl groups is 1. The van der Waals surface area contributed by atoms with Crippen molar-refractivity contribution in [3.63, 3.8) is 0 Å². The molecule has 1 aliphatic carbocycles. The molecule has 2 heterocycles. The van der Waals surface area contributed by atoms with E-state index in [-0.39, 0.29) is 6.61 Å². The summed E-state index contributed by atoms with van der Waals surface area (Å²) < 4.78 is 0. The minimum atomic E-state index is 0.281. The highest BCUT2D eigenvalue weighted by Crippen LogP contribution is 2.30. The zero-order valence-corrected chi connectivity index (χ0v) is 16.4. The summed E-state index contributed by atoms with van der Waals surface area (Å²) in [6.45, 7) is 6.65. The largest absolute Gasteiger partial charge is 0.396 e. The lowest BCUT2D eigenvalue weighted by Crippen LogP contribution is -2.56. The van der Waals surface area contributed by atoms with Crippen LogP contribution in [0.1, 0.15) is 43.4 Å². The number of hydrogen-bond donors (Lipinski definition) is 2. The Labute approximate surface area is 161 Å². The Bertz CT molecular complexity index is 753. The summed E-state index contributed by atoms with van der Waals surface area (Å²) in [5.74, 6) is 0. The number of aryl methyl sites for hydroxylation is 1. The molecule has 2 aromatic rings. The Morgan fingerprint density at radius 2 is 2.04 bits per heavy atom. The molecule has 2 N–H and O–H groups in total. The number of nitrogens with zero attached hydrogens (tertiary/aromatic N) is 2. The van der Waals surface area contributed by atoms with Crippen molar-refractivity contribution in [1.82, 2.24) is 14.8 Å². The minimum Gasteiger partial charge on any atom is -0.396 e. The normalized spacial score (nSPS) is 23.3. The molecule has 26 heavy (non-hydrogen) atoms. The van der Waals surface area contributed by atoms with Crippen molar-refractivity contribution >= 4 is 22.5 Å². The number of halogens is 1. The van der Waals surface area contributed by atoms with Gasteiger partial charge in [0.25, 0.3) is 0 Å².